The molecule has 2 aliphatic carbocycles. The van der Waals surface area contributed by atoms with Crippen LogP contribution in [0.5, 0.6) is 0 Å². The Labute approximate surface area is 134 Å². The van der Waals surface area contributed by atoms with Crippen molar-refractivity contribution in [1.82, 2.24) is 0 Å². The molecule has 0 aliphatic heterocycles. The van der Waals surface area contributed by atoms with E-state index < -0.39 is 0 Å². The number of allylic oxidation sites excluding steroid dienone is 6. The molecule has 2 aliphatic rings. The topological polar surface area (TPSA) is 34.1 Å². The Morgan fingerprint density at radius 2 is 1.77 bits per heavy atom. The van der Waals surface area contributed by atoms with Gasteiger partial charge in [-0.25, -0.2) is 0 Å². The predicted octanol–water partition coefficient (Wildman–Crippen LogP) is 4.81. The third-order valence-corrected chi connectivity index (χ3v) is 5.35. The zero-order valence-electron chi connectivity index (χ0n) is 14.5. The number of rotatable bonds is 0. The van der Waals surface area contributed by atoms with E-state index in [1.54, 1.807) is 6.08 Å². The Morgan fingerprint density at radius 1 is 1.09 bits per heavy atom. The van der Waals surface area contributed by atoms with Gasteiger partial charge in [-0.1, -0.05) is 37.1 Å². The van der Waals surface area contributed by atoms with Gasteiger partial charge >= 0.3 is 0 Å². The molecule has 0 bridgehead atoms. The Morgan fingerprint density at radius 3 is 2.45 bits per heavy atom. The number of Topliss-reactive ketones (excluding diaryl/α,β-unsaturated/α-hetero) is 1. The fourth-order valence-corrected chi connectivity index (χ4v) is 3.59. The van der Waals surface area contributed by atoms with Crippen molar-refractivity contribution in [2.24, 2.45) is 17.3 Å². The van der Waals surface area contributed by atoms with E-state index in [-0.39, 0.29) is 17.0 Å². The summed E-state index contributed by atoms with van der Waals surface area (Å²) in [4.78, 5) is 24.3. The molecule has 0 heterocycles. The number of hydrogen-bond donors (Lipinski definition) is 0. The molecule has 2 nitrogen and oxygen atoms in total. The highest BCUT2D eigenvalue weighted by Gasteiger charge is 2.55. The van der Waals surface area contributed by atoms with Gasteiger partial charge in [0.15, 0.2) is 11.6 Å². The first-order valence-electron chi connectivity index (χ1n) is 8.29. The maximum absolute atomic E-state index is 12.2. The summed E-state index contributed by atoms with van der Waals surface area (Å²) < 4.78 is 0. The summed E-state index contributed by atoms with van der Waals surface area (Å²) in [5.74, 6) is 1.44. The van der Waals surface area contributed by atoms with Crippen LogP contribution in [0.15, 0.2) is 34.9 Å². The summed E-state index contributed by atoms with van der Waals surface area (Å²) in [6, 6.07) is 0. The molecule has 1 saturated carbocycles. The molecule has 0 spiro atoms. The van der Waals surface area contributed by atoms with Crippen LogP contribution in [0, 0.1) is 17.3 Å². The second-order valence-electron chi connectivity index (χ2n) is 7.65. The second-order valence-corrected chi connectivity index (χ2v) is 7.65. The van der Waals surface area contributed by atoms with Gasteiger partial charge in [0.1, 0.15) is 0 Å². The van der Waals surface area contributed by atoms with Crippen LogP contribution in [0.1, 0.15) is 60.3 Å². The smallest absolute Gasteiger partial charge is 0.162 e. The monoisotopic (exact) mass is 300 g/mol. The van der Waals surface area contributed by atoms with Gasteiger partial charge in [-0.15, -0.1) is 0 Å². The molecular weight excluding hydrogens is 272 g/mol. The maximum atomic E-state index is 12.2. The summed E-state index contributed by atoms with van der Waals surface area (Å²) in [6.45, 7) is 10.5. The number of hydrogen-bond acceptors (Lipinski definition) is 2. The highest BCUT2D eigenvalue weighted by Crippen LogP contribution is 2.61. The van der Waals surface area contributed by atoms with Crippen molar-refractivity contribution in [3.63, 3.8) is 0 Å². The molecule has 2 heteroatoms. The van der Waals surface area contributed by atoms with Crippen LogP contribution in [0.4, 0.5) is 0 Å². The van der Waals surface area contributed by atoms with E-state index in [4.69, 9.17) is 0 Å². The van der Waals surface area contributed by atoms with E-state index in [2.05, 4.69) is 26.8 Å². The van der Waals surface area contributed by atoms with Gasteiger partial charge in [-0.05, 0) is 62.5 Å². The molecule has 2 atom stereocenters. The third kappa shape index (κ3) is 3.85. The first-order valence-corrected chi connectivity index (χ1v) is 8.29. The van der Waals surface area contributed by atoms with Crippen LogP contribution < -0.4 is 0 Å². The van der Waals surface area contributed by atoms with Crippen molar-refractivity contribution in [3.8, 4) is 0 Å². The minimum atomic E-state index is 0.148. The molecule has 2 rings (SSSR count). The second kappa shape index (κ2) is 6.36. The average Bonchev–Trinajstić information content (AvgIpc) is 2.92. The van der Waals surface area contributed by atoms with Crippen LogP contribution in [-0.4, -0.2) is 11.6 Å². The molecule has 0 radical (unpaired) electrons. The fourth-order valence-electron chi connectivity index (χ4n) is 3.59. The third-order valence-electron chi connectivity index (χ3n) is 5.35. The molecule has 22 heavy (non-hydrogen) atoms. The van der Waals surface area contributed by atoms with Crippen molar-refractivity contribution >= 4 is 11.6 Å². The number of fused-ring (bicyclic) bond motifs is 1. The Kier molecular flexibility index (Phi) is 4.89. The maximum Gasteiger partial charge on any atom is 0.162 e. The van der Waals surface area contributed by atoms with Crippen molar-refractivity contribution in [1.29, 1.82) is 0 Å². The van der Waals surface area contributed by atoms with Gasteiger partial charge in [0.25, 0.3) is 0 Å². The molecule has 0 aromatic rings. The number of ketones is 2. The Hall–Kier alpha value is -1.44. The lowest BCUT2D eigenvalue weighted by atomic mass is 10.0. The van der Waals surface area contributed by atoms with E-state index in [0.717, 1.165) is 24.0 Å². The van der Waals surface area contributed by atoms with Crippen LogP contribution in [0.2, 0.25) is 0 Å². The normalized spacial score (nSPS) is 29.8. The largest absolute Gasteiger partial charge is 0.295 e. The summed E-state index contributed by atoms with van der Waals surface area (Å²) in [6.07, 6.45) is 8.78. The zero-order chi connectivity index (χ0) is 16.5. The Balaban J connectivity index is 2.25. The minimum Gasteiger partial charge on any atom is -0.295 e. The predicted molar refractivity (Wildman–Crippen MR) is 90.5 cm³/mol. The highest BCUT2D eigenvalue weighted by molar-refractivity contribution is 5.96. The van der Waals surface area contributed by atoms with Crippen molar-refractivity contribution in [2.45, 2.75) is 60.3 Å². The minimum absolute atomic E-state index is 0.148. The lowest BCUT2D eigenvalue weighted by molar-refractivity contribution is -0.115. The first-order chi connectivity index (χ1) is 10.2. The standard InChI is InChI=1S/C20H28O2/c1-13-6-8-17-18(20(17,4)5)12-15(3)19(22)9-7-14(2)11-16(21)10-13/h7,10,12,17-18H,6,8-9,11H2,1-5H3. The number of carbonyl (C=O) groups excluding carboxylic acids is 2. The molecule has 0 N–H and O–H groups in total. The number of carbonyl (C=O) groups is 2. The van der Waals surface area contributed by atoms with E-state index in [1.807, 2.05) is 19.9 Å². The van der Waals surface area contributed by atoms with E-state index in [1.165, 1.54) is 5.57 Å². The molecule has 0 aromatic carbocycles. The SMILES string of the molecule is CC1=CC(=O)CC(C)=CCC(=O)C(C)=CC2C(CC1)C2(C)C. The highest BCUT2D eigenvalue weighted by atomic mass is 16.1. The van der Waals surface area contributed by atoms with Gasteiger partial charge in [0, 0.05) is 12.8 Å². The van der Waals surface area contributed by atoms with Gasteiger partial charge in [0.05, 0.1) is 0 Å². The van der Waals surface area contributed by atoms with Crippen molar-refractivity contribution < 1.29 is 9.59 Å². The quantitative estimate of drug-likeness (QED) is 0.602. The van der Waals surface area contributed by atoms with Crippen molar-refractivity contribution in [3.05, 3.63) is 34.9 Å². The van der Waals surface area contributed by atoms with E-state index in [0.29, 0.717) is 24.7 Å². The molecule has 120 valence electrons. The lowest BCUT2D eigenvalue weighted by Crippen LogP contribution is -2.01. The first kappa shape index (κ1) is 16.9. The van der Waals surface area contributed by atoms with Gasteiger partial charge in [0.2, 0.25) is 0 Å². The Bertz CT molecular complexity index is 573. The molecule has 0 saturated heterocycles. The van der Waals surface area contributed by atoms with E-state index in [9.17, 15) is 9.59 Å². The molecule has 2 unspecified atom stereocenters. The summed E-state index contributed by atoms with van der Waals surface area (Å²) in [5.41, 5.74) is 3.31. The van der Waals surface area contributed by atoms with Crippen LogP contribution in [0.3, 0.4) is 0 Å². The summed E-state index contributed by atoms with van der Waals surface area (Å²) in [7, 11) is 0. The molecule has 1 fully saturated rings. The summed E-state index contributed by atoms with van der Waals surface area (Å²) >= 11 is 0. The van der Waals surface area contributed by atoms with Crippen LogP contribution >= 0.6 is 0 Å². The van der Waals surface area contributed by atoms with Crippen LogP contribution in [0.25, 0.3) is 0 Å². The lowest BCUT2D eigenvalue weighted by Gasteiger charge is -2.04. The fraction of sp³-hybridized carbons (Fsp3) is 0.600. The molecule has 0 amide bonds. The van der Waals surface area contributed by atoms with Gasteiger partial charge in [-0.3, -0.25) is 9.59 Å². The van der Waals surface area contributed by atoms with Crippen LogP contribution in [-0.2, 0) is 9.59 Å². The molecular formula is C20H28O2. The van der Waals surface area contributed by atoms with E-state index >= 15 is 0 Å². The summed E-state index contributed by atoms with van der Waals surface area (Å²) in [5, 5.41) is 0. The van der Waals surface area contributed by atoms with Crippen molar-refractivity contribution in [2.75, 3.05) is 0 Å². The average molecular weight is 300 g/mol. The molecule has 0 aromatic heterocycles. The van der Waals surface area contributed by atoms with Gasteiger partial charge < -0.3 is 0 Å². The zero-order valence-corrected chi connectivity index (χ0v) is 14.5. The van der Waals surface area contributed by atoms with Gasteiger partial charge in [-0.2, -0.15) is 0 Å².